The van der Waals surface area contributed by atoms with Gasteiger partial charge in [0.1, 0.15) is 5.82 Å². The quantitative estimate of drug-likeness (QED) is 0.832. The van der Waals surface area contributed by atoms with Crippen molar-refractivity contribution in [2.24, 2.45) is 0 Å². The Balaban J connectivity index is 2.65. The molecule has 0 spiro atoms. The van der Waals surface area contributed by atoms with Crippen LogP contribution in [0.1, 0.15) is 26.7 Å². The number of carbonyl (C=O) groups excluding carboxylic acids is 2. The predicted molar refractivity (Wildman–Crippen MR) is 72.2 cm³/mol. The van der Waals surface area contributed by atoms with Gasteiger partial charge < -0.3 is 10.2 Å². The molecule has 19 heavy (non-hydrogen) atoms. The SMILES string of the molecule is CCCN(CCC)C(=O)C(=O)Nc1ccc(F)cc1. The first-order chi connectivity index (χ1) is 9.08. The number of rotatable bonds is 5. The molecule has 0 heterocycles. The maximum Gasteiger partial charge on any atom is 0.313 e. The van der Waals surface area contributed by atoms with Crippen molar-refractivity contribution < 1.29 is 14.0 Å². The van der Waals surface area contributed by atoms with Crippen LogP contribution in [-0.2, 0) is 9.59 Å². The molecule has 0 aliphatic carbocycles. The number of amides is 2. The summed E-state index contributed by atoms with van der Waals surface area (Å²) in [7, 11) is 0. The molecule has 0 aromatic heterocycles. The van der Waals surface area contributed by atoms with E-state index in [1.165, 1.54) is 29.2 Å². The highest BCUT2D eigenvalue weighted by Gasteiger charge is 2.20. The molecule has 0 aliphatic heterocycles. The van der Waals surface area contributed by atoms with Gasteiger partial charge in [-0.2, -0.15) is 0 Å². The highest BCUT2D eigenvalue weighted by molar-refractivity contribution is 6.39. The number of halogens is 1. The molecule has 104 valence electrons. The Morgan fingerprint density at radius 1 is 1.11 bits per heavy atom. The molecule has 0 saturated heterocycles. The van der Waals surface area contributed by atoms with Crippen molar-refractivity contribution in [3.05, 3.63) is 30.1 Å². The number of carbonyl (C=O) groups is 2. The van der Waals surface area contributed by atoms with Gasteiger partial charge in [-0.15, -0.1) is 0 Å². The van der Waals surface area contributed by atoms with Gasteiger partial charge in [0.15, 0.2) is 0 Å². The van der Waals surface area contributed by atoms with Crippen LogP contribution in [0.15, 0.2) is 24.3 Å². The summed E-state index contributed by atoms with van der Waals surface area (Å²) in [4.78, 5) is 25.3. The van der Waals surface area contributed by atoms with E-state index in [4.69, 9.17) is 0 Å². The van der Waals surface area contributed by atoms with Crippen LogP contribution in [0.3, 0.4) is 0 Å². The van der Waals surface area contributed by atoms with Crippen molar-refractivity contribution in [3.63, 3.8) is 0 Å². The van der Waals surface area contributed by atoms with Crippen molar-refractivity contribution in [2.75, 3.05) is 18.4 Å². The van der Waals surface area contributed by atoms with Gasteiger partial charge in [-0.05, 0) is 37.1 Å². The van der Waals surface area contributed by atoms with Crippen LogP contribution < -0.4 is 5.32 Å². The van der Waals surface area contributed by atoms with E-state index in [1.54, 1.807) is 0 Å². The van der Waals surface area contributed by atoms with Gasteiger partial charge in [0.05, 0.1) is 0 Å². The fraction of sp³-hybridized carbons (Fsp3) is 0.429. The summed E-state index contributed by atoms with van der Waals surface area (Å²) in [5, 5.41) is 2.47. The third-order valence-corrected chi connectivity index (χ3v) is 2.57. The largest absolute Gasteiger partial charge is 0.334 e. The molecule has 0 bridgehead atoms. The molecule has 0 unspecified atom stereocenters. The molecule has 0 aliphatic rings. The molecule has 1 aromatic carbocycles. The summed E-state index contributed by atoms with van der Waals surface area (Å²) in [6.45, 7) is 5.02. The lowest BCUT2D eigenvalue weighted by molar-refractivity contribution is -0.143. The highest BCUT2D eigenvalue weighted by atomic mass is 19.1. The first kappa shape index (κ1) is 15.1. The first-order valence-corrected chi connectivity index (χ1v) is 6.44. The van der Waals surface area contributed by atoms with Crippen LogP contribution in [-0.4, -0.2) is 29.8 Å². The summed E-state index contributed by atoms with van der Waals surface area (Å²) >= 11 is 0. The zero-order chi connectivity index (χ0) is 14.3. The molecule has 5 heteroatoms. The Morgan fingerprint density at radius 3 is 2.11 bits per heavy atom. The third kappa shape index (κ3) is 4.69. The van der Waals surface area contributed by atoms with E-state index in [0.717, 1.165) is 12.8 Å². The fourth-order valence-electron chi connectivity index (χ4n) is 1.72. The van der Waals surface area contributed by atoms with Gasteiger partial charge in [0.25, 0.3) is 0 Å². The molecule has 1 aromatic rings. The summed E-state index contributed by atoms with van der Waals surface area (Å²) in [5.41, 5.74) is 0.410. The summed E-state index contributed by atoms with van der Waals surface area (Å²) in [5.74, 6) is -1.62. The van der Waals surface area contributed by atoms with E-state index >= 15 is 0 Å². The number of hydrogen-bond acceptors (Lipinski definition) is 2. The maximum absolute atomic E-state index is 12.7. The number of benzene rings is 1. The van der Waals surface area contributed by atoms with Crippen LogP contribution in [0.5, 0.6) is 0 Å². The minimum atomic E-state index is -0.687. The van der Waals surface area contributed by atoms with Crippen LogP contribution in [0.25, 0.3) is 0 Å². The molecule has 0 saturated carbocycles. The van der Waals surface area contributed by atoms with Crippen LogP contribution in [0, 0.1) is 5.82 Å². The first-order valence-electron chi connectivity index (χ1n) is 6.44. The molecule has 4 nitrogen and oxygen atoms in total. The van der Waals surface area contributed by atoms with Crippen molar-refractivity contribution in [1.29, 1.82) is 0 Å². The zero-order valence-corrected chi connectivity index (χ0v) is 11.3. The Hall–Kier alpha value is -1.91. The van der Waals surface area contributed by atoms with Gasteiger partial charge >= 0.3 is 11.8 Å². The number of nitrogens with one attached hydrogen (secondary N) is 1. The average Bonchev–Trinajstić information content (AvgIpc) is 2.40. The van der Waals surface area contributed by atoms with E-state index in [9.17, 15) is 14.0 Å². The van der Waals surface area contributed by atoms with Gasteiger partial charge in [-0.3, -0.25) is 9.59 Å². The lowest BCUT2D eigenvalue weighted by atomic mass is 10.3. The van der Waals surface area contributed by atoms with Crippen molar-refractivity contribution >= 4 is 17.5 Å². The topological polar surface area (TPSA) is 49.4 Å². The summed E-state index contributed by atoms with van der Waals surface area (Å²) < 4.78 is 12.7. The molecular formula is C14H19FN2O2. The minimum Gasteiger partial charge on any atom is -0.334 e. The Morgan fingerprint density at radius 2 is 1.63 bits per heavy atom. The van der Waals surface area contributed by atoms with E-state index in [2.05, 4.69) is 5.32 Å². The molecule has 1 N–H and O–H groups in total. The molecule has 0 atom stereocenters. The third-order valence-electron chi connectivity index (χ3n) is 2.57. The number of hydrogen-bond donors (Lipinski definition) is 1. The van der Waals surface area contributed by atoms with E-state index in [-0.39, 0.29) is 5.82 Å². The van der Waals surface area contributed by atoms with E-state index < -0.39 is 11.8 Å². The lowest BCUT2D eigenvalue weighted by Gasteiger charge is -2.20. The van der Waals surface area contributed by atoms with Crippen molar-refractivity contribution in [3.8, 4) is 0 Å². The normalized spacial score (nSPS) is 10.1. The Bertz CT molecular complexity index is 426. The fourth-order valence-corrected chi connectivity index (χ4v) is 1.72. The second-order valence-electron chi connectivity index (χ2n) is 4.25. The second kappa shape index (κ2) is 7.51. The van der Waals surface area contributed by atoms with Gasteiger partial charge in [0, 0.05) is 18.8 Å². The summed E-state index contributed by atoms with van der Waals surface area (Å²) in [6.07, 6.45) is 1.60. The second-order valence-corrected chi connectivity index (χ2v) is 4.25. The highest BCUT2D eigenvalue weighted by Crippen LogP contribution is 2.08. The number of anilines is 1. The van der Waals surface area contributed by atoms with E-state index in [1.807, 2.05) is 13.8 Å². The molecule has 0 radical (unpaired) electrons. The molecule has 0 fully saturated rings. The maximum atomic E-state index is 12.7. The lowest BCUT2D eigenvalue weighted by Crippen LogP contribution is -2.40. The van der Waals surface area contributed by atoms with Crippen LogP contribution in [0.2, 0.25) is 0 Å². The van der Waals surface area contributed by atoms with Gasteiger partial charge in [-0.25, -0.2) is 4.39 Å². The Kier molecular flexibility index (Phi) is 5.99. The average molecular weight is 266 g/mol. The van der Waals surface area contributed by atoms with Crippen molar-refractivity contribution in [1.82, 2.24) is 4.90 Å². The molecule has 1 rings (SSSR count). The standard InChI is InChI=1S/C14H19FN2O2/c1-3-9-17(10-4-2)14(19)13(18)16-12-7-5-11(15)6-8-12/h5-8H,3-4,9-10H2,1-2H3,(H,16,18). The minimum absolute atomic E-state index is 0.386. The molecular weight excluding hydrogens is 247 g/mol. The van der Waals surface area contributed by atoms with Crippen LogP contribution >= 0.6 is 0 Å². The van der Waals surface area contributed by atoms with Gasteiger partial charge in [0.2, 0.25) is 0 Å². The predicted octanol–water partition coefficient (Wildman–Crippen LogP) is 2.41. The summed E-state index contributed by atoms with van der Waals surface area (Å²) in [6, 6.07) is 5.31. The van der Waals surface area contributed by atoms with E-state index in [0.29, 0.717) is 18.8 Å². The number of nitrogens with zero attached hydrogens (tertiary/aromatic N) is 1. The monoisotopic (exact) mass is 266 g/mol. The molecule has 2 amide bonds. The Labute approximate surface area is 112 Å². The smallest absolute Gasteiger partial charge is 0.313 e. The van der Waals surface area contributed by atoms with Gasteiger partial charge in [-0.1, -0.05) is 13.8 Å². The van der Waals surface area contributed by atoms with Crippen LogP contribution in [0.4, 0.5) is 10.1 Å². The zero-order valence-electron chi connectivity index (χ0n) is 11.3. The van der Waals surface area contributed by atoms with Crippen molar-refractivity contribution in [2.45, 2.75) is 26.7 Å².